The highest BCUT2D eigenvalue weighted by Crippen LogP contribution is 2.27. The van der Waals surface area contributed by atoms with Gasteiger partial charge in [0.2, 0.25) is 5.82 Å². The summed E-state index contributed by atoms with van der Waals surface area (Å²) in [5.74, 6) is -0.678. The van der Waals surface area contributed by atoms with Gasteiger partial charge in [0.1, 0.15) is 18.0 Å². The minimum Gasteiger partial charge on any atom is -0.458 e. The van der Waals surface area contributed by atoms with Gasteiger partial charge in [-0.2, -0.15) is 4.39 Å². The van der Waals surface area contributed by atoms with Gasteiger partial charge in [0.05, 0.1) is 11.0 Å². The average molecular weight is 211 g/mol. The van der Waals surface area contributed by atoms with Crippen LogP contribution in [-0.4, -0.2) is 10.0 Å². The van der Waals surface area contributed by atoms with Crippen LogP contribution in [0.5, 0.6) is 0 Å². The van der Waals surface area contributed by atoms with E-state index in [0.717, 1.165) is 12.1 Å². The second-order valence-electron chi connectivity index (χ2n) is 2.97. The van der Waals surface area contributed by atoms with E-state index in [1.807, 2.05) is 0 Å². The largest absolute Gasteiger partial charge is 0.458 e. The van der Waals surface area contributed by atoms with Crippen molar-refractivity contribution in [3.8, 4) is 0 Å². The number of nitrogens with zero attached hydrogens (tertiary/aromatic N) is 1. The first kappa shape index (κ1) is 9.60. The Morgan fingerprint density at radius 1 is 1.47 bits per heavy atom. The average Bonchev–Trinajstić information content (AvgIpc) is 2.58. The number of hydrogen-bond acceptors (Lipinski definition) is 4. The molecule has 0 radical (unpaired) electrons. The molecule has 0 saturated heterocycles. The predicted molar refractivity (Wildman–Crippen MR) is 48.7 cm³/mol. The molecule has 6 heteroatoms. The van der Waals surface area contributed by atoms with E-state index < -0.39 is 16.4 Å². The fourth-order valence-electron chi connectivity index (χ4n) is 1.32. The number of halogens is 1. The van der Waals surface area contributed by atoms with Crippen molar-refractivity contribution in [2.24, 2.45) is 0 Å². The topological polar surface area (TPSA) is 76.5 Å². The third-order valence-corrected chi connectivity index (χ3v) is 1.99. The molecule has 0 saturated carbocycles. The van der Waals surface area contributed by atoms with Crippen molar-refractivity contribution in [2.75, 3.05) is 0 Å². The van der Waals surface area contributed by atoms with Crippen LogP contribution < -0.4 is 0 Å². The summed E-state index contributed by atoms with van der Waals surface area (Å²) >= 11 is 0. The first-order valence-electron chi connectivity index (χ1n) is 4.09. The standard InChI is InChI=1S/C9H6FNO4/c10-7-2-5-1-6(4-12)15-9(5)3-8(7)11(13)14/h1-3,12H,4H2. The number of rotatable bonds is 2. The monoisotopic (exact) mass is 211 g/mol. The van der Waals surface area contributed by atoms with Gasteiger partial charge >= 0.3 is 5.69 Å². The van der Waals surface area contributed by atoms with Crippen molar-refractivity contribution in [3.63, 3.8) is 0 Å². The molecule has 0 aliphatic rings. The molecule has 2 rings (SSSR count). The zero-order chi connectivity index (χ0) is 11.0. The number of aliphatic hydroxyl groups is 1. The maximum Gasteiger partial charge on any atom is 0.308 e. The Balaban J connectivity index is 2.68. The molecule has 0 spiro atoms. The van der Waals surface area contributed by atoms with E-state index in [2.05, 4.69) is 0 Å². The van der Waals surface area contributed by atoms with Crippen molar-refractivity contribution in [1.29, 1.82) is 0 Å². The van der Waals surface area contributed by atoms with Gasteiger partial charge in [-0.1, -0.05) is 0 Å². The lowest BCUT2D eigenvalue weighted by atomic mass is 10.2. The highest BCUT2D eigenvalue weighted by molar-refractivity contribution is 5.80. The predicted octanol–water partition coefficient (Wildman–Crippen LogP) is 1.97. The van der Waals surface area contributed by atoms with E-state index in [1.165, 1.54) is 6.07 Å². The molecule has 0 amide bonds. The molecule has 1 aromatic heterocycles. The lowest BCUT2D eigenvalue weighted by Gasteiger charge is -1.92. The van der Waals surface area contributed by atoms with E-state index >= 15 is 0 Å². The van der Waals surface area contributed by atoms with E-state index in [4.69, 9.17) is 9.52 Å². The summed E-state index contributed by atoms with van der Waals surface area (Å²) in [7, 11) is 0. The minimum absolute atomic E-state index is 0.187. The zero-order valence-corrected chi connectivity index (χ0v) is 7.44. The summed E-state index contributed by atoms with van der Waals surface area (Å²) in [6.45, 7) is -0.329. The van der Waals surface area contributed by atoms with Gasteiger partial charge in [0.25, 0.3) is 0 Å². The van der Waals surface area contributed by atoms with E-state index in [9.17, 15) is 14.5 Å². The summed E-state index contributed by atoms with van der Waals surface area (Å²) in [6, 6.07) is 3.45. The Morgan fingerprint density at radius 2 is 2.20 bits per heavy atom. The molecule has 0 atom stereocenters. The second kappa shape index (κ2) is 3.32. The van der Waals surface area contributed by atoms with Crippen molar-refractivity contribution >= 4 is 16.7 Å². The number of nitro groups is 1. The lowest BCUT2D eigenvalue weighted by molar-refractivity contribution is -0.387. The third kappa shape index (κ3) is 1.55. The van der Waals surface area contributed by atoms with Crippen LogP contribution in [0.15, 0.2) is 22.6 Å². The molecule has 0 bridgehead atoms. The van der Waals surface area contributed by atoms with Gasteiger partial charge < -0.3 is 9.52 Å². The summed E-state index contributed by atoms with van der Waals surface area (Å²) < 4.78 is 18.2. The summed E-state index contributed by atoms with van der Waals surface area (Å²) in [5, 5.41) is 19.6. The van der Waals surface area contributed by atoms with Crippen LogP contribution in [0.2, 0.25) is 0 Å². The molecule has 78 valence electrons. The maximum atomic E-state index is 13.1. The minimum atomic E-state index is -0.919. The number of nitro benzene ring substituents is 1. The molecular formula is C9H6FNO4. The van der Waals surface area contributed by atoms with Crippen LogP contribution in [0.25, 0.3) is 11.0 Å². The molecule has 0 aliphatic heterocycles. The molecule has 1 N–H and O–H groups in total. The first-order valence-corrected chi connectivity index (χ1v) is 4.09. The molecular weight excluding hydrogens is 205 g/mol. The Labute approximate surface area is 82.9 Å². The fraction of sp³-hybridized carbons (Fsp3) is 0.111. The van der Waals surface area contributed by atoms with E-state index in [-0.39, 0.29) is 18.0 Å². The summed E-state index contributed by atoms with van der Waals surface area (Å²) in [6.07, 6.45) is 0. The number of furan rings is 1. The van der Waals surface area contributed by atoms with Gasteiger partial charge in [-0.15, -0.1) is 0 Å². The molecule has 2 aromatic rings. The Bertz CT molecular complexity index is 534. The Hall–Kier alpha value is -1.95. The quantitative estimate of drug-likeness (QED) is 0.608. The Kier molecular flexibility index (Phi) is 2.12. The van der Waals surface area contributed by atoms with Crippen LogP contribution in [0.4, 0.5) is 10.1 Å². The van der Waals surface area contributed by atoms with Gasteiger partial charge in [-0.05, 0) is 12.1 Å². The Morgan fingerprint density at radius 3 is 2.80 bits per heavy atom. The molecule has 1 aromatic carbocycles. The maximum absolute atomic E-state index is 13.1. The van der Waals surface area contributed by atoms with Gasteiger partial charge in [0.15, 0.2) is 0 Å². The molecule has 0 unspecified atom stereocenters. The van der Waals surface area contributed by atoms with Gasteiger partial charge in [-0.25, -0.2) is 0 Å². The zero-order valence-electron chi connectivity index (χ0n) is 7.44. The van der Waals surface area contributed by atoms with Gasteiger partial charge in [-0.3, -0.25) is 10.1 Å². The van der Waals surface area contributed by atoms with Crippen LogP contribution in [0, 0.1) is 15.9 Å². The normalized spacial score (nSPS) is 10.8. The molecule has 5 nitrogen and oxygen atoms in total. The van der Waals surface area contributed by atoms with Crippen LogP contribution in [0.1, 0.15) is 5.76 Å². The number of benzene rings is 1. The van der Waals surface area contributed by atoms with Gasteiger partial charge in [0, 0.05) is 5.39 Å². The highest BCUT2D eigenvalue weighted by atomic mass is 19.1. The second-order valence-corrected chi connectivity index (χ2v) is 2.97. The molecule has 1 heterocycles. The van der Waals surface area contributed by atoms with E-state index in [1.54, 1.807) is 0 Å². The number of aliphatic hydroxyl groups excluding tert-OH is 1. The van der Waals surface area contributed by atoms with Crippen molar-refractivity contribution in [1.82, 2.24) is 0 Å². The number of fused-ring (bicyclic) bond motifs is 1. The van der Waals surface area contributed by atoms with Crippen LogP contribution >= 0.6 is 0 Å². The number of hydrogen-bond donors (Lipinski definition) is 1. The third-order valence-electron chi connectivity index (χ3n) is 1.99. The van der Waals surface area contributed by atoms with Crippen molar-refractivity contribution in [2.45, 2.75) is 6.61 Å². The molecule has 0 aliphatic carbocycles. The van der Waals surface area contributed by atoms with Crippen molar-refractivity contribution in [3.05, 3.63) is 39.9 Å². The SMILES string of the molecule is O=[N+]([O-])c1cc2oc(CO)cc2cc1F. The van der Waals surface area contributed by atoms with E-state index in [0.29, 0.717) is 5.39 Å². The lowest BCUT2D eigenvalue weighted by Crippen LogP contribution is -1.91. The van der Waals surface area contributed by atoms with Crippen molar-refractivity contribution < 1.29 is 18.8 Å². The molecule has 15 heavy (non-hydrogen) atoms. The smallest absolute Gasteiger partial charge is 0.308 e. The first-order chi connectivity index (χ1) is 7.11. The van der Waals surface area contributed by atoms with Crippen LogP contribution in [-0.2, 0) is 6.61 Å². The summed E-state index contributed by atoms with van der Waals surface area (Å²) in [4.78, 5) is 9.59. The summed E-state index contributed by atoms with van der Waals surface area (Å²) in [5.41, 5.74) is -0.450. The highest BCUT2D eigenvalue weighted by Gasteiger charge is 2.17. The van der Waals surface area contributed by atoms with Crippen LogP contribution in [0.3, 0.4) is 0 Å². The molecule has 0 fully saturated rings. The fourth-order valence-corrected chi connectivity index (χ4v) is 1.32.